The molecule has 0 fully saturated rings. The molecule has 4 nitrogen and oxygen atoms in total. The summed E-state index contributed by atoms with van der Waals surface area (Å²) < 4.78 is 6.21. The van der Waals surface area contributed by atoms with Crippen molar-refractivity contribution in [2.24, 2.45) is 0 Å². The van der Waals surface area contributed by atoms with Crippen LogP contribution in [-0.2, 0) is 16.0 Å². The molecule has 2 rings (SSSR count). The van der Waals surface area contributed by atoms with Gasteiger partial charge >= 0.3 is 5.97 Å². The van der Waals surface area contributed by atoms with Gasteiger partial charge in [-0.1, -0.05) is 28.1 Å². The minimum Gasteiger partial charge on any atom is -0.426 e. The van der Waals surface area contributed by atoms with Crippen LogP contribution in [0.2, 0.25) is 0 Å². The zero-order valence-electron chi connectivity index (χ0n) is 11.4. The van der Waals surface area contributed by atoms with Gasteiger partial charge in [0.25, 0.3) is 0 Å². The third-order valence-corrected chi connectivity index (χ3v) is 3.20. The van der Waals surface area contributed by atoms with E-state index in [0.717, 1.165) is 10.0 Å². The summed E-state index contributed by atoms with van der Waals surface area (Å²) in [7, 11) is 0. The number of carbonyl (C=O) groups excluding carboxylic acids is 2. The van der Waals surface area contributed by atoms with Gasteiger partial charge in [0, 0.05) is 17.1 Å². The molecule has 0 bridgehead atoms. The van der Waals surface area contributed by atoms with Crippen LogP contribution in [0.15, 0.2) is 53.0 Å². The van der Waals surface area contributed by atoms with Crippen molar-refractivity contribution >= 4 is 33.5 Å². The van der Waals surface area contributed by atoms with Gasteiger partial charge < -0.3 is 10.1 Å². The second kappa shape index (κ2) is 7.04. The van der Waals surface area contributed by atoms with Gasteiger partial charge in [-0.3, -0.25) is 9.59 Å². The lowest BCUT2D eigenvalue weighted by Crippen LogP contribution is -2.11. The Morgan fingerprint density at radius 3 is 2.24 bits per heavy atom. The molecule has 0 saturated carbocycles. The van der Waals surface area contributed by atoms with Crippen molar-refractivity contribution in [1.82, 2.24) is 0 Å². The molecule has 0 aliphatic heterocycles. The average molecular weight is 348 g/mol. The van der Waals surface area contributed by atoms with Crippen LogP contribution in [0.25, 0.3) is 0 Å². The topological polar surface area (TPSA) is 55.4 Å². The largest absolute Gasteiger partial charge is 0.426 e. The molecule has 0 unspecified atom stereocenters. The first-order valence-corrected chi connectivity index (χ1v) is 7.15. The predicted octanol–water partition coefficient (Wildman–Crippen LogP) is 3.56. The smallest absolute Gasteiger partial charge is 0.315 e. The summed E-state index contributed by atoms with van der Waals surface area (Å²) in [6.45, 7) is 1.44. The highest BCUT2D eigenvalue weighted by Crippen LogP contribution is 2.17. The zero-order chi connectivity index (χ0) is 15.2. The summed E-state index contributed by atoms with van der Waals surface area (Å²) in [6, 6.07) is 14.1. The Bertz CT molecular complexity index is 636. The Kier molecular flexibility index (Phi) is 5.11. The summed E-state index contributed by atoms with van der Waals surface area (Å²) in [5.41, 5.74) is 1.55. The summed E-state index contributed by atoms with van der Waals surface area (Å²) in [4.78, 5) is 22.7. The molecular weight excluding hydrogens is 334 g/mol. The first-order valence-electron chi connectivity index (χ1n) is 6.36. The SMILES string of the molecule is CC(=O)Nc1ccc(OC(=O)Cc2ccc(Br)cc2)cc1. The van der Waals surface area contributed by atoms with Gasteiger partial charge in [0.1, 0.15) is 5.75 Å². The highest BCUT2D eigenvalue weighted by Gasteiger charge is 2.06. The highest BCUT2D eigenvalue weighted by molar-refractivity contribution is 9.10. The lowest BCUT2D eigenvalue weighted by Gasteiger charge is -2.06. The first-order chi connectivity index (χ1) is 10.0. The van der Waals surface area contributed by atoms with E-state index >= 15 is 0 Å². The Morgan fingerprint density at radius 2 is 1.67 bits per heavy atom. The number of amides is 1. The number of esters is 1. The zero-order valence-corrected chi connectivity index (χ0v) is 13.0. The van der Waals surface area contributed by atoms with E-state index in [1.54, 1.807) is 24.3 Å². The van der Waals surface area contributed by atoms with Gasteiger partial charge in [0.15, 0.2) is 0 Å². The Morgan fingerprint density at radius 1 is 1.05 bits per heavy atom. The number of benzene rings is 2. The molecule has 1 N–H and O–H groups in total. The Balaban J connectivity index is 1.93. The van der Waals surface area contributed by atoms with Crippen molar-refractivity contribution in [3.8, 4) is 5.75 Å². The predicted molar refractivity (Wildman–Crippen MR) is 84.2 cm³/mol. The van der Waals surface area contributed by atoms with Gasteiger partial charge in [-0.2, -0.15) is 0 Å². The van der Waals surface area contributed by atoms with Crippen molar-refractivity contribution < 1.29 is 14.3 Å². The first kappa shape index (κ1) is 15.3. The van der Waals surface area contributed by atoms with Gasteiger partial charge in [0.05, 0.1) is 6.42 Å². The van der Waals surface area contributed by atoms with Crippen LogP contribution in [0, 0.1) is 0 Å². The van der Waals surface area contributed by atoms with Gasteiger partial charge in [-0.15, -0.1) is 0 Å². The monoisotopic (exact) mass is 347 g/mol. The van der Waals surface area contributed by atoms with Crippen molar-refractivity contribution in [2.75, 3.05) is 5.32 Å². The number of carbonyl (C=O) groups is 2. The molecule has 5 heteroatoms. The lowest BCUT2D eigenvalue weighted by atomic mass is 10.1. The molecule has 108 valence electrons. The number of hydrogen-bond donors (Lipinski definition) is 1. The van der Waals surface area contributed by atoms with E-state index in [1.807, 2.05) is 24.3 Å². The average Bonchev–Trinajstić information content (AvgIpc) is 2.43. The standard InChI is InChI=1S/C16H14BrNO3/c1-11(19)18-14-6-8-15(9-7-14)21-16(20)10-12-2-4-13(17)5-3-12/h2-9H,10H2,1H3,(H,18,19). The number of halogens is 1. The molecule has 21 heavy (non-hydrogen) atoms. The van der Waals surface area contributed by atoms with E-state index in [0.29, 0.717) is 11.4 Å². The Hall–Kier alpha value is -2.14. The molecule has 0 aliphatic carbocycles. The number of rotatable bonds is 4. The summed E-state index contributed by atoms with van der Waals surface area (Å²) in [5, 5.41) is 2.65. The van der Waals surface area contributed by atoms with Crippen LogP contribution < -0.4 is 10.1 Å². The number of anilines is 1. The third-order valence-electron chi connectivity index (χ3n) is 2.67. The van der Waals surface area contributed by atoms with E-state index in [-0.39, 0.29) is 18.3 Å². The van der Waals surface area contributed by atoms with E-state index in [4.69, 9.17) is 4.74 Å². The molecule has 0 atom stereocenters. The van der Waals surface area contributed by atoms with Crippen molar-refractivity contribution in [3.63, 3.8) is 0 Å². The van der Waals surface area contributed by atoms with E-state index < -0.39 is 0 Å². The maximum absolute atomic E-state index is 11.8. The van der Waals surface area contributed by atoms with Crippen molar-refractivity contribution in [3.05, 3.63) is 58.6 Å². The van der Waals surface area contributed by atoms with Crippen LogP contribution >= 0.6 is 15.9 Å². The van der Waals surface area contributed by atoms with Gasteiger partial charge in [-0.05, 0) is 42.0 Å². The molecule has 0 saturated heterocycles. The minimum absolute atomic E-state index is 0.144. The quantitative estimate of drug-likeness (QED) is 0.679. The molecule has 1 amide bonds. The second-order valence-corrected chi connectivity index (χ2v) is 5.40. The van der Waals surface area contributed by atoms with Crippen LogP contribution in [0.1, 0.15) is 12.5 Å². The van der Waals surface area contributed by atoms with Crippen LogP contribution in [0.5, 0.6) is 5.75 Å². The summed E-state index contributed by atoms with van der Waals surface area (Å²) in [5.74, 6) is -0.0224. The molecule has 0 aliphatic rings. The minimum atomic E-state index is -0.329. The van der Waals surface area contributed by atoms with Gasteiger partial charge in [-0.25, -0.2) is 0 Å². The highest BCUT2D eigenvalue weighted by atomic mass is 79.9. The Labute approximate surface area is 131 Å². The maximum Gasteiger partial charge on any atom is 0.315 e. The molecule has 0 radical (unpaired) electrons. The number of hydrogen-bond acceptors (Lipinski definition) is 3. The second-order valence-electron chi connectivity index (χ2n) is 4.48. The maximum atomic E-state index is 11.8. The summed E-state index contributed by atoms with van der Waals surface area (Å²) in [6.07, 6.45) is 0.209. The molecule has 2 aromatic carbocycles. The number of nitrogens with one attached hydrogen (secondary N) is 1. The van der Waals surface area contributed by atoms with Crippen LogP contribution in [0.3, 0.4) is 0 Å². The van der Waals surface area contributed by atoms with E-state index in [2.05, 4.69) is 21.2 Å². The fourth-order valence-corrected chi connectivity index (χ4v) is 2.01. The van der Waals surface area contributed by atoms with Crippen LogP contribution in [0.4, 0.5) is 5.69 Å². The van der Waals surface area contributed by atoms with Gasteiger partial charge in [0.2, 0.25) is 5.91 Å². The third kappa shape index (κ3) is 5.04. The molecular formula is C16H14BrNO3. The molecule has 0 heterocycles. The number of ether oxygens (including phenoxy) is 1. The lowest BCUT2D eigenvalue weighted by molar-refractivity contribution is -0.133. The molecule has 0 spiro atoms. The van der Waals surface area contributed by atoms with E-state index in [1.165, 1.54) is 6.92 Å². The fourth-order valence-electron chi connectivity index (χ4n) is 1.75. The summed E-state index contributed by atoms with van der Waals surface area (Å²) >= 11 is 3.34. The molecule has 0 aromatic heterocycles. The fraction of sp³-hybridized carbons (Fsp3) is 0.125. The van der Waals surface area contributed by atoms with E-state index in [9.17, 15) is 9.59 Å². The molecule has 2 aromatic rings. The van der Waals surface area contributed by atoms with Crippen LogP contribution in [-0.4, -0.2) is 11.9 Å². The normalized spacial score (nSPS) is 10.0. The van der Waals surface area contributed by atoms with Crippen molar-refractivity contribution in [2.45, 2.75) is 13.3 Å². The van der Waals surface area contributed by atoms with Crippen molar-refractivity contribution in [1.29, 1.82) is 0 Å².